The van der Waals surface area contributed by atoms with Crippen LogP contribution >= 0.6 is 12.4 Å². The Morgan fingerprint density at radius 2 is 1.95 bits per heavy atom. The number of amides is 1. The molecule has 0 aromatic rings. The number of carbonyl (C=O) groups is 1. The van der Waals surface area contributed by atoms with Gasteiger partial charge in [0.25, 0.3) is 0 Å². The van der Waals surface area contributed by atoms with Crippen molar-refractivity contribution in [1.82, 2.24) is 10.2 Å². The van der Waals surface area contributed by atoms with Crippen LogP contribution in [0.4, 0.5) is 0 Å². The van der Waals surface area contributed by atoms with Crippen LogP contribution in [0.5, 0.6) is 0 Å². The Balaban J connectivity index is 0.00000400. The fourth-order valence-corrected chi connectivity index (χ4v) is 3.20. The van der Waals surface area contributed by atoms with Gasteiger partial charge in [-0.1, -0.05) is 33.6 Å². The zero-order valence-corrected chi connectivity index (χ0v) is 15.2. The molecule has 126 valence electrons. The van der Waals surface area contributed by atoms with E-state index in [1.807, 2.05) is 0 Å². The van der Waals surface area contributed by atoms with E-state index >= 15 is 0 Å². The van der Waals surface area contributed by atoms with E-state index < -0.39 is 0 Å². The van der Waals surface area contributed by atoms with Gasteiger partial charge in [-0.2, -0.15) is 0 Å². The summed E-state index contributed by atoms with van der Waals surface area (Å²) in [5.41, 5.74) is 0. The van der Waals surface area contributed by atoms with Crippen molar-refractivity contribution in [2.45, 2.75) is 59.8 Å². The van der Waals surface area contributed by atoms with Gasteiger partial charge in [0.15, 0.2) is 0 Å². The van der Waals surface area contributed by atoms with Crippen molar-refractivity contribution >= 4 is 18.3 Å². The highest BCUT2D eigenvalue weighted by Crippen LogP contribution is 2.23. The Morgan fingerprint density at radius 3 is 2.43 bits per heavy atom. The molecule has 0 aromatic carbocycles. The summed E-state index contributed by atoms with van der Waals surface area (Å²) in [6.07, 6.45) is 5.60. The Kier molecular flexibility index (Phi) is 11.2. The number of hydrogen-bond donors (Lipinski definition) is 1. The Morgan fingerprint density at radius 1 is 1.29 bits per heavy atom. The van der Waals surface area contributed by atoms with Crippen molar-refractivity contribution in [3.8, 4) is 0 Å². The van der Waals surface area contributed by atoms with E-state index in [2.05, 4.69) is 37.9 Å². The molecule has 2 unspecified atom stereocenters. The first-order valence-corrected chi connectivity index (χ1v) is 8.60. The maximum absolute atomic E-state index is 12.5. The molecule has 1 amide bonds. The largest absolute Gasteiger partial charge is 0.343 e. The van der Waals surface area contributed by atoms with E-state index in [9.17, 15) is 4.79 Å². The normalized spacial score (nSPS) is 20.0. The minimum absolute atomic E-state index is 0. The lowest BCUT2D eigenvalue weighted by molar-refractivity contribution is -0.133. The summed E-state index contributed by atoms with van der Waals surface area (Å²) in [4.78, 5) is 14.6. The van der Waals surface area contributed by atoms with Crippen molar-refractivity contribution in [3.63, 3.8) is 0 Å². The predicted octanol–water partition coefficient (Wildman–Crippen LogP) is 3.72. The van der Waals surface area contributed by atoms with Gasteiger partial charge in [-0.15, -0.1) is 12.4 Å². The highest BCUT2D eigenvalue weighted by atomic mass is 35.5. The van der Waals surface area contributed by atoms with Crippen LogP contribution in [-0.2, 0) is 4.79 Å². The molecule has 1 fully saturated rings. The van der Waals surface area contributed by atoms with Gasteiger partial charge in [0.1, 0.15) is 0 Å². The highest BCUT2D eigenvalue weighted by Gasteiger charge is 2.24. The molecule has 0 spiro atoms. The molecule has 0 radical (unpaired) electrons. The van der Waals surface area contributed by atoms with Crippen molar-refractivity contribution in [1.29, 1.82) is 0 Å². The van der Waals surface area contributed by atoms with Gasteiger partial charge >= 0.3 is 0 Å². The summed E-state index contributed by atoms with van der Waals surface area (Å²) in [5, 5.41) is 3.46. The summed E-state index contributed by atoms with van der Waals surface area (Å²) in [6.45, 7) is 12.8. The van der Waals surface area contributed by atoms with E-state index in [0.29, 0.717) is 23.7 Å². The summed E-state index contributed by atoms with van der Waals surface area (Å²) >= 11 is 0. The van der Waals surface area contributed by atoms with Gasteiger partial charge in [-0.05, 0) is 50.6 Å². The first kappa shape index (κ1) is 20.7. The molecule has 1 aliphatic heterocycles. The zero-order chi connectivity index (χ0) is 15.0. The zero-order valence-electron chi connectivity index (χ0n) is 14.4. The van der Waals surface area contributed by atoms with Crippen LogP contribution in [0.3, 0.4) is 0 Å². The molecule has 2 atom stereocenters. The van der Waals surface area contributed by atoms with Crippen LogP contribution < -0.4 is 5.32 Å². The van der Waals surface area contributed by atoms with E-state index in [1.54, 1.807) is 0 Å². The van der Waals surface area contributed by atoms with Crippen LogP contribution in [0.2, 0.25) is 0 Å². The second kappa shape index (κ2) is 11.3. The van der Waals surface area contributed by atoms with Crippen LogP contribution in [0.1, 0.15) is 59.8 Å². The number of rotatable bonds is 8. The molecule has 0 aromatic heterocycles. The Labute approximate surface area is 137 Å². The lowest BCUT2D eigenvalue weighted by Crippen LogP contribution is -2.39. The standard InChI is InChI=1S/C17H34N2O.ClH/c1-5-15(6-2)13-19(7-3)17(20)11-14(4)16-9-8-10-18-12-16;/h14-16,18H,5-13H2,1-4H3;1H. The van der Waals surface area contributed by atoms with E-state index in [0.717, 1.165) is 32.6 Å². The average Bonchev–Trinajstić information content (AvgIpc) is 2.49. The number of nitrogens with zero attached hydrogens (tertiary/aromatic N) is 1. The fraction of sp³-hybridized carbons (Fsp3) is 0.941. The first-order chi connectivity index (χ1) is 9.62. The third kappa shape index (κ3) is 7.01. The molecular formula is C17H35ClN2O. The molecule has 1 rings (SSSR count). The lowest BCUT2D eigenvalue weighted by Gasteiger charge is -2.31. The molecule has 1 N–H and O–H groups in total. The fourth-order valence-electron chi connectivity index (χ4n) is 3.20. The van der Waals surface area contributed by atoms with Crippen LogP contribution in [0.15, 0.2) is 0 Å². The third-order valence-corrected chi connectivity index (χ3v) is 5.00. The maximum atomic E-state index is 12.5. The minimum atomic E-state index is 0. The molecule has 0 saturated carbocycles. The molecule has 1 saturated heterocycles. The number of hydrogen-bond acceptors (Lipinski definition) is 2. The topological polar surface area (TPSA) is 32.3 Å². The summed E-state index contributed by atoms with van der Waals surface area (Å²) in [5.74, 6) is 2.20. The van der Waals surface area contributed by atoms with Crippen molar-refractivity contribution in [3.05, 3.63) is 0 Å². The van der Waals surface area contributed by atoms with Gasteiger partial charge in [-0.3, -0.25) is 4.79 Å². The Hall–Kier alpha value is -0.280. The van der Waals surface area contributed by atoms with Crippen LogP contribution in [0, 0.1) is 17.8 Å². The highest BCUT2D eigenvalue weighted by molar-refractivity contribution is 5.85. The molecule has 1 aliphatic rings. The lowest BCUT2D eigenvalue weighted by atomic mass is 9.85. The summed E-state index contributed by atoms with van der Waals surface area (Å²) in [7, 11) is 0. The molecule has 4 heteroatoms. The summed E-state index contributed by atoms with van der Waals surface area (Å²) < 4.78 is 0. The van der Waals surface area contributed by atoms with Crippen molar-refractivity contribution in [2.24, 2.45) is 17.8 Å². The number of carbonyl (C=O) groups excluding carboxylic acids is 1. The quantitative estimate of drug-likeness (QED) is 0.739. The van der Waals surface area contributed by atoms with Gasteiger partial charge in [0.2, 0.25) is 5.91 Å². The number of piperidine rings is 1. The van der Waals surface area contributed by atoms with Gasteiger partial charge in [-0.25, -0.2) is 0 Å². The molecule has 0 aliphatic carbocycles. The minimum Gasteiger partial charge on any atom is -0.343 e. The second-order valence-corrected chi connectivity index (χ2v) is 6.40. The van der Waals surface area contributed by atoms with Gasteiger partial charge in [0, 0.05) is 19.5 Å². The smallest absolute Gasteiger partial charge is 0.222 e. The molecule has 3 nitrogen and oxygen atoms in total. The van der Waals surface area contributed by atoms with E-state index in [-0.39, 0.29) is 12.4 Å². The summed E-state index contributed by atoms with van der Waals surface area (Å²) in [6, 6.07) is 0. The van der Waals surface area contributed by atoms with Crippen LogP contribution in [0.25, 0.3) is 0 Å². The predicted molar refractivity (Wildman–Crippen MR) is 92.9 cm³/mol. The average molecular weight is 319 g/mol. The SMILES string of the molecule is CCC(CC)CN(CC)C(=O)CC(C)C1CCCNC1.Cl. The van der Waals surface area contributed by atoms with Crippen molar-refractivity contribution in [2.75, 3.05) is 26.2 Å². The van der Waals surface area contributed by atoms with Crippen molar-refractivity contribution < 1.29 is 4.79 Å². The molecule has 21 heavy (non-hydrogen) atoms. The molecular weight excluding hydrogens is 284 g/mol. The van der Waals surface area contributed by atoms with Crippen LogP contribution in [-0.4, -0.2) is 37.0 Å². The molecule has 1 heterocycles. The number of halogens is 1. The Bertz CT molecular complexity index is 276. The van der Waals surface area contributed by atoms with E-state index in [1.165, 1.54) is 25.7 Å². The number of nitrogens with one attached hydrogen (secondary N) is 1. The van der Waals surface area contributed by atoms with Gasteiger partial charge in [0.05, 0.1) is 0 Å². The van der Waals surface area contributed by atoms with Gasteiger partial charge < -0.3 is 10.2 Å². The first-order valence-electron chi connectivity index (χ1n) is 8.60. The third-order valence-electron chi connectivity index (χ3n) is 5.00. The maximum Gasteiger partial charge on any atom is 0.222 e. The molecule has 0 bridgehead atoms. The second-order valence-electron chi connectivity index (χ2n) is 6.40. The van der Waals surface area contributed by atoms with E-state index in [4.69, 9.17) is 0 Å². The monoisotopic (exact) mass is 318 g/mol.